The Morgan fingerprint density at radius 2 is 1.61 bits per heavy atom. The van der Waals surface area contributed by atoms with E-state index in [0.717, 1.165) is 24.0 Å². The quantitative estimate of drug-likeness (QED) is 0.631. The second-order valence-electron chi connectivity index (χ2n) is 7.16. The molecule has 2 N–H and O–H groups in total. The number of hydrogen-bond acceptors (Lipinski definition) is 4. The fourth-order valence-electron chi connectivity index (χ4n) is 3.69. The standard InChI is InChI=1S/C24H26O4/c1-3-18(14-17-10-6-4-7-11-17)21-15-20(26)23(24(27)28-21)22(16(2)25)19-12-8-5-9-13-19/h4-13,15-16,18,22,25-26H,3,14H2,1-2H3/t16-,18?,22?/m1/s1. The van der Waals surface area contributed by atoms with Crippen LogP contribution >= 0.6 is 0 Å². The zero-order valence-corrected chi connectivity index (χ0v) is 16.2. The summed E-state index contributed by atoms with van der Waals surface area (Å²) in [5.41, 5.74) is 1.40. The summed E-state index contributed by atoms with van der Waals surface area (Å²) < 4.78 is 5.64. The maximum absolute atomic E-state index is 12.8. The normalized spacial score (nSPS) is 14.4. The van der Waals surface area contributed by atoms with Crippen LogP contribution in [0.1, 0.15) is 54.6 Å². The molecule has 1 aromatic heterocycles. The zero-order valence-electron chi connectivity index (χ0n) is 16.2. The number of aromatic hydroxyl groups is 1. The zero-order chi connectivity index (χ0) is 20.1. The summed E-state index contributed by atoms with van der Waals surface area (Å²) in [6.07, 6.45) is 0.639. The fourth-order valence-corrected chi connectivity index (χ4v) is 3.69. The Balaban J connectivity index is 1.99. The minimum absolute atomic E-state index is 0.0169. The highest BCUT2D eigenvalue weighted by Gasteiger charge is 2.28. The summed E-state index contributed by atoms with van der Waals surface area (Å²) >= 11 is 0. The van der Waals surface area contributed by atoms with E-state index in [-0.39, 0.29) is 17.2 Å². The van der Waals surface area contributed by atoms with Crippen LogP contribution < -0.4 is 5.63 Å². The van der Waals surface area contributed by atoms with Gasteiger partial charge in [-0.25, -0.2) is 4.79 Å². The Morgan fingerprint density at radius 1 is 1.00 bits per heavy atom. The Labute approximate surface area is 165 Å². The van der Waals surface area contributed by atoms with E-state index in [1.165, 1.54) is 6.07 Å². The summed E-state index contributed by atoms with van der Waals surface area (Å²) in [5.74, 6) is -0.333. The molecule has 0 saturated heterocycles. The van der Waals surface area contributed by atoms with Crippen molar-refractivity contribution in [2.75, 3.05) is 0 Å². The Hall–Kier alpha value is -2.85. The largest absolute Gasteiger partial charge is 0.507 e. The molecule has 28 heavy (non-hydrogen) atoms. The Bertz CT molecular complexity index is 945. The molecular formula is C24H26O4. The van der Waals surface area contributed by atoms with Crippen LogP contribution in [0.2, 0.25) is 0 Å². The maximum Gasteiger partial charge on any atom is 0.343 e. The smallest absolute Gasteiger partial charge is 0.343 e. The summed E-state index contributed by atoms with van der Waals surface area (Å²) in [6, 6.07) is 20.7. The minimum atomic E-state index is -0.853. The topological polar surface area (TPSA) is 70.7 Å². The molecule has 2 aromatic carbocycles. The van der Waals surface area contributed by atoms with Crippen molar-refractivity contribution in [3.8, 4) is 5.75 Å². The third-order valence-corrected chi connectivity index (χ3v) is 5.16. The van der Waals surface area contributed by atoms with Gasteiger partial charge in [-0.3, -0.25) is 0 Å². The molecular weight excluding hydrogens is 352 g/mol. The van der Waals surface area contributed by atoms with Gasteiger partial charge in [0.25, 0.3) is 0 Å². The molecule has 0 aliphatic rings. The van der Waals surface area contributed by atoms with Crippen LogP contribution in [0, 0.1) is 0 Å². The van der Waals surface area contributed by atoms with Gasteiger partial charge in [0.05, 0.1) is 11.7 Å². The van der Waals surface area contributed by atoms with Gasteiger partial charge in [0.15, 0.2) is 0 Å². The first-order chi connectivity index (χ1) is 13.5. The third kappa shape index (κ3) is 4.34. The van der Waals surface area contributed by atoms with E-state index in [4.69, 9.17) is 4.42 Å². The second kappa shape index (κ2) is 8.89. The molecule has 3 rings (SSSR count). The molecule has 4 nitrogen and oxygen atoms in total. The lowest BCUT2D eigenvalue weighted by Gasteiger charge is -2.22. The van der Waals surface area contributed by atoms with E-state index in [2.05, 4.69) is 0 Å². The summed E-state index contributed by atoms with van der Waals surface area (Å²) in [7, 11) is 0. The van der Waals surface area contributed by atoms with E-state index in [0.29, 0.717) is 5.76 Å². The second-order valence-corrected chi connectivity index (χ2v) is 7.16. The molecule has 0 bridgehead atoms. The van der Waals surface area contributed by atoms with Crippen molar-refractivity contribution < 1.29 is 14.6 Å². The monoisotopic (exact) mass is 378 g/mol. The van der Waals surface area contributed by atoms with Crippen LogP contribution in [-0.4, -0.2) is 16.3 Å². The van der Waals surface area contributed by atoms with Gasteiger partial charge in [0, 0.05) is 17.9 Å². The lowest BCUT2D eigenvalue weighted by Crippen LogP contribution is -2.23. The summed E-state index contributed by atoms with van der Waals surface area (Å²) in [5, 5.41) is 21.0. The van der Waals surface area contributed by atoms with Gasteiger partial charge in [-0.05, 0) is 30.9 Å². The SMILES string of the molecule is CCC(Cc1ccccc1)c1cc(O)c(C(c2ccccc2)[C@@H](C)O)c(=O)o1. The summed E-state index contributed by atoms with van der Waals surface area (Å²) in [6.45, 7) is 3.63. The van der Waals surface area contributed by atoms with Crippen LogP contribution in [0.3, 0.4) is 0 Å². The molecule has 0 aliphatic carbocycles. The van der Waals surface area contributed by atoms with Crippen molar-refractivity contribution in [2.24, 2.45) is 0 Å². The third-order valence-electron chi connectivity index (χ3n) is 5.16. The highest BCUT2D eigenvalue weighted by molar-refractivity contribution is 5.41. The van der Waals surface area contributed by atoms with Crippen LogP contribution in [0.4, 0.5) is 0 Å². The van der Waals surface area contributed by atoms with Crippen molar-refractivity contribution in [1.82, 2.24) is 0 Å². The molecule has 0 amide bonds. The minimum Gasteiger partial charge on any atom is -0.507 e. The van der Waals surface area contributed by atoms with Crippen LogP contribution in [0.15, 0.2) is 75.9 Å². The Morgan fingerprint density at radius 3 is 2.14 bits per heavy atom. The predicted molar refractivity (Wildman–Crippen MR) is 110 cm³/mol. The van der Waals surface area contributed by atoms with Crippen molar-refractivity contribution in [3.63, 3.8) is 0 Å². The average Bonchev–Trinajstić information content (AvgIpc) is 2.69. The van der Waals surface area contributed by atoms with Crippen molar-refractivity contribution in [2.45, 2.75) is 44.6 Å². The first-order valence-electron chi connectivity index (χ1n) is 9.65. The fraction of sp³-hybridized carbons (Fsp3) is 0.292. The van der Waals surface area contributed by atoms with Gasteiger partial charge >= 0.3 is 5.63 Å². The molecule has 3 aromatic rings. The molecule has 1 heterocycles. The highest BCUT2D eigenvalue weighted by Crippen LogP contribution is 2.34. The number of aliphatic hydroxyl groups is 1. The lowest BCUT2D eigenvalue weighted by molar-refractivity contribution is 0.172. The van der Waals surface area contributed by atoms with Crippen LogP contribution in [0.25, 0.3) is 0 Å². The van der Waals surface area contributed by atoms with E-state index in [9.17, 15) is 15.0 Å². The van der Waals surface area contributed by atoms with E-state index < -0.39 is 17.6 Å². The van der Waals surface area contributed by atoms with Crippen molar-refractivity contribution in [3.05, 3.63) is 99.6 Å². The number of hydrogen-bond donors (Lipinski definition) is 2. The van der Waals surface area contributed by atoms with E-state index in [1.807, 2.05) is 67.6 Å². The molecule has 4 heteroatoms. The first-order valence-corrected chi connectivity index (χ1v) is 9.65. The van der Waals surface area contributed by atoms with Gasteiger partial charge < -0.3 is 14.6 Å². The number of benzene rings is 2. The van der Waals surface area contributed by atoms with Gasteiger partial charge in [0.1, 0.15) is 11.5 Å². The van der Waals surface area contributed by atoms with Crippen molar-refractivity contribution >= 4 is 0 Å². The molecule has 0 saturated carbocycles. The van der Waals surface area contributed by atoms with Crippen LogP contribution in [-0.2, 0) is 6.42 Å². The van der Waals surface area contributed by atoms with E-state index >= 15 is 0 Å². The van der Waals surface area contributed by atoms with E-state index in [1.54, 1.807) is 6.92 Å². The molecule has 0 spiro atoms. The summed E-state index contributed by atoms with van der Waals surface area (Å²) in [4.78, 5) is 12.8. The van der Waals surface area contributed by atoms with Gasteiger partial charge in [-0.1, -0.05) is 67.6 Å². The predicted octanol–water partition coefficient (Wildman–Crippen LogP) is 4.59. The average molecular weight is 378 g/mol. The number of aliphatic hydroxyl groups excluding tert-OH is 1. The molecule has 146 valence electrons. The van der Waals surface area contributed by atoms with Gasteiger partial charge in [-0.2, -0.15) is 0 Å². The molecule has 0 aliphatic heterocycles. The van der Waals surface area contributed by atoms with Gasteiger partial charge in [0.2, 0.25) is 0 Å². The van der Waals surface area contributed by atoms with Crippen molar-refractivity contribution in [1.29, 1.82) is 0 Å². The van der Waals surface area contributed by atoms with Crippen LogP contribution in [0.5, 0.6) is 5.75 Å². The Kier molecular flexibility index (Phi) is 6.32. The number of rotatable bonds is 7. The van der Waals surface area contributed by atoms with Gasteiger partial charge in [-0.15, -0.1) is 0 Å². The molecule has 2 unspecified atom stereocenters. The first kappa shape index (κ1) is 19.9. The lowest BCUT2D eigenvalue weighted by atomic mass is 9.87. The maximum atomic E-state index is 12.8. The molecule has 0 fully saturated rings. The molecule has 0 radical (unpaired) electrons. The molecule has 3 atom stereocenters. The highest BCUT2D eigenvalue weighted by atomic mass is 16.4.